The third-order valence-electron chi connectivity index (χ3n) is 2.24. The van der Waals surface area contributed by atoms with Gasteiger partial charge in [0.1, 0.15) is 0 Å². The average molecular weight is 259 g/mol. The molecule has 0 spiro atoms. The van der Waals surface area contributed by atoms with Crippen molar-refractivity contribution in [2.75, 3.05) is 5.32 Å². The van der Waals surface area contributed by atoms with E-state index in [1.54, 1.807) is 30.6 Å². The molecule has 2 rings (SSSR count). The second kappa shape index (κ2) is 5.98. The van der Waals surface area contributed by atoms with E-state index in [0.717, 1.165) is 5.56 Å². The minimum Gasteiger partial charge on any atom is -0.321 e. The molecule has 0 aliphatic heterocycles. The molecular weight excluding hydrogens is 248 g/mol. The Morgan fingerprint density at radius 3 is 2.78 bits per heavy atom. The van der Waals surface area contributed by atoms with Gasteiger partial charge >= 0.3 is 0 Å². The molecule has 1 N–H and O–H groups in total. The van der Waals surface area contributed by atoms with E-state index in [4.69, 9.17) is 11.6 Å². The van der Waals surface area contributed by atoms with Gasteiger partial charge < -0.3 is 5.32 Å². The normalized spacial score (nSPS) is 10.5. The SMILES string of the molecule is O=C(C=Cc1cccnc1)Nc1ccccc1Cl. The summed E-state index contributed by atoms with van der Waals surface area (Å²) in [5.41, 5.74) is 1.46. The molecular formula is C14H11ClN2O. The van der Waals surface area contributed by atoms with Gasteiger partial charge in [-0.25, -0.2) is 0 Å². The fourth-order valence-electron chi connectivity index (χ4n) is 1.38. The Balaban J connectivity index is 2.02. The third kappa shape index (κ3) is 3.43. The van der Waals surface area contributed by atoms with Crippen LogP contribution in [0.3, 0.4) is 0 Å². The highest BCUT2D eigenvalue weighted by Crippen LogP contribution is 2.20. The lowest BCUT2D eigenvalue weighted by Crippen LogP contribution is -2.07. The zero-order valence-corrected chi connectivity index (χ0v) is 10.3. The second-order valence-corrected chi connectivity index (χ2v) is 4.00. The summed E-state index contributed by atoms with van der Waals surface area (Å²) in [5.74, 6) is -0.230. The maximum atomic E-state index is 11.7. The number of nitrogens with one attached hydrogen (secondary N) is 1. The summed E-state index contributed by atoms with van der Waals surface area (Å²) in [6.45, 7) is 0. The maximum absolute atomic E-state index is 11.7. The zero-order valence-electron chi connectivity index (χ0n) is 9.51. The first kappa shape index (κ1) is 12.3. The summed E-state index contributed by atoms with van der Waals surface area (Å²) in [7, 11) is 0. The van der Waals surface area contributed by atoms with Crippen molar-refractivity contribution in [2.24, 2.45) is 0 Å². The average Bonchev–Trinajstić information content (AvgIpc) is 2.40. The van der Waals surface area contributed by atoms with Crippen molar-refractivity contribution in [2.45, 2.75) is 0 Å². The number of rotatable bonds is 3. The lowest BCUT2D eigenvalue weighted by molar-refractivity contribution is -0.111. The van der Waals surface area contributed by atoms with Gasteiger partial charge in [-0.05, 0) is 29.8 Å². The monoisotopic (exact) mass is 258 g/mol. The van der Waals surface area contributed by atoms with Crippen molar-refractivity contribution in [3.8, 4) is 0 Å². The molecule has 1 amide bonds. The number of aromatic nitrogens is 1. The maximum Gasteiger partial charge on any atom is 0.248 e. The summed E-state index contributed by atoms with van der Waals surface area (Å²) in [6.07, 6.45) is 6.50. The van der Waals surface area contributed by atoms with Crippen molar-refractivity contribution in [1.82, 2.24) is 4.98 Å². The fourth-order valence-corrected chi connectivity index (χ4v) is 1.57. The van der Waals surface area contributed by atoms with E-state index in [1.807, 2.05) is 24.3 Å². The number of para-hydroxylation sites is 1. The van der Waals surface area contributed by atoms with Crippen LogP contribution in [0.15, 0.2) is 54.9 Å². The lowest BCUT2D eigenvalue weighted by Gasteiger charge is -2.03. The molecule has 4 heteroatoms. The van der Waals surface area contributed by atoms with Crippen molar-refractivity contribution in [3.05, 3.63) is 65.5 Å². The number of nitrogens with zero attached hydrogens (tertiary/aromatic N) is 1. The van der Waals surface area contributed by atoms with Crippen LogP contribution in [0, 0.1) is 0 Å². The molecule has 0 saturated carbocycles. The third-order valence-corrected chi connectivity index (χ3v) is 2.57. The van der Waals surface area contributed by atoms with E-state index >= 15 is 0 Å². The van der Waals surface area contributed by atoms with Crippen LogP contribution in [0.2, 0.25) is 5.02 Å². The Morgan fingerprint density at radius 2 is 2.06 bits per heavy atom. The van der Waals surface area contributed by atoms with Gasteiger partial charge in [-0.2, -0.15) is 0 Å². The Labute approximate surface area is 110 Å². The van der Waals surface area contributed by atoms with Crippen LogP contribution in [-0.2, 0) is 4.79 Å². The van der Waals surface area contributed by atoms with Crippen molar-refractivity contribution in [3.63, 3.8) is 0 Å². The van der Waals surface area contributed by atoms with Gasteiger partial charge in [0.2, 0.25) is 5.91 Å². The molecule has 0 bridgehead atoms. The molecule has 0 fully saturated rings. The molecule has 0 aliphatic carbocycles. The van der Waals surface area contributed by atoms with Crippen LogP contribution in [-0.4, -0.2) is 10.9 Å². The van der Waals surface area contributed by atoms with E-state index < -0.39 is 0 Å². The minimum absolute atomic E-state index is 0.230. The first-order valence-corrected chi connectivity index (χ1v) is 5.77. The topological polar surface area (TPSA) is 42.0 Å². The van der Waals surface area contributed by atoms with Crippen molar-refractivity contribution in [1.29, 1.82) is 0 Å². The number of hydrogen-bond donors (Lipinski definition) is 1. The van der Waals surface area contributed by atoms with Gasteiger partial charge in [0.25, 0.3) is 0 Å². The minimum atomic E-state index is -0.230. The van der Waals surface area contributed by atoms with Gasteiger partial charge in [0.05, 0.1) is 10.7 Å². The number of carbonyl (C=O) groups excluding carboxylic acids is 1. The highest BCUT2D eigenvalue weighted by Gasteiger charge is 2.01. The highest BCUT2D eigenvalue weighted by atomic mass is 35.5. The van der Waals surface area contributed by atoms with E-state index in [-0.39, 0.29) is 5.91 Å². The number of hydrogen-bond acceptors (Lipinski definition) is 2. The summed E-state index contributed by atoms with van der Waals surface area (Å²) >= 11 is 5.94. The molecule has 0 unspecified atom stereocenters. The molecule has 0 radical (unpaired) electrons. The van der Waals surface area contributed by atoms with Crippen molar-refractivity contribution < 1.29 is 4.79 Å². The quantitative estimate of drug-likeness (QED) is 0.858. The fraction of sp³-hybridized carbons (Fsp3) is 0. The van der Waals surface area contributed by atoms with E-state index in [1.165, 1.54) is 6.08 Å². The molecule has 0 saturated heterocycles. The zero-order chi connectivity index (χ0) is 12.8. The molecule has 1 heterocycles. The second-order valence-electron chi connectivity index (χ2n) is 3.59. The van der Waals surface area contributed by atoms with Gasteiger partial charge in [-0.15, -0.1) is 0 Å². The highest BCUT2D eigenvalue weighted by molar-refractivity contribution is 6.33. The number of anilines is 1. The van der Waals surface area contributed by atoms with Crippen LogP contribution in [0.1, 0.15) is 5.56 Å². The van der Waals surface area contributed by atoms with Gasteiger partial charge in [0.15, 0.2) is 0 Å². The first-order chi connectivity index (χ1) is 8.75. The molecule has 1 aromatic carbocycles. The van der Waals surface area contributed by atoms with Crippen LogP contribution < -0.4 is 5.32 Å². The largest absolute Gasteiger partial charge is 0.321 e. The lowest BCUT2D eigenvalue weighted by atomic mass is 10.2. The number of pyridine rings is 1. The summed E-state index contributed by atoms with van der Waals surface area (Å²) in [6, 6.07) is 10.8. The molecule has 2 aromatic rings. The van der Waals surface area contributed by atoms with Crippen LogP contribution in [0.25, 0.3) is 6.08 Å². The van der Waals surface area contributed by atoms with Gasteiger partial charge in [0, 0.05) is 18.5 Å². The van der Waals surface area contributed by atoms with Crippen LogP contribution in [0.5, 0.6) is 0 Å². The Bertz CT molecular complexity index is 567. The van der Waals surface area contributed by atoms with E-state index in [0.29, 0.717) is 10.7 Å². The van der Waals surface area contributed by atoms with E-state index in [2.05, 4.69) is 10.3 Å². The molecule has 0 aliphatic rings. The number of amides is 1. The molecule has 90 valence electrons. The smallest absolute Gasteiger partial charge is 0.248 e. The number of carbonyl (C=O) groups is 1. The summed E-state index contributed by atoms with van der Waals surface area (Å²) in [5, 5.41) is 3.22. The predicted molar refractivity (Wildman–Crippen MR) is 73.4 cm³/mol. The number of benzene rings is 1. The molecule has 0 atom stereocenters. The summed E-state index contributed by atoms with van der Waals surface area (Å²) < 4.78 is 0. The Hall–Kier alpha value is -2.13. The van der Waals surface area contributed by atoms with Gasteiger partial charge in [-0.1, -0.05) is 29.8 Å². The van der Waals surface area contributed by atoms with Gasteiger partial charge in [-0.3, -0.25) is 9.78 Å². The summed E-state index contributed by atoms with van der Waals surface area (Å²) in [4.78, 5) is 15.6. The molecule has 1 aromatic heterocycles. The predicted octanol–water partition coefficient (Wildman–Crippen LogP) is 3.39. The van der Waals surface area contributed by atoms with Crippen LogP contribution in [0.4, 0.5) is 5.69 Å². The van der Waals surface area contributed by atoms with E-state index in [9.17, 15) is 4.79 Å². The Kier molecular flexibility index (Phi) is 4.10. The first-order valence-electron chi connectivity index (χ1n) is 5.39. The molecule has 18 heavy (non-hydrogen) atoms. The molecule has 3 nitrogen and oxygen atoms in total. The Morgan fingerprint density at radius 1 is 1.22 bits per heavy atom. The van der Waals surface area contributed by atoms with Crippen molar-refractivity contribution >= 4 is 29.3 Å². The number of halogens is 1. The van der Waals surface area contributed by atoms with Crippen LogP contribution >= 0.6 is 11.6 Å². The standard InChI is InChI=1S/C14H11ClN2O/c15-12-5-1-2-6-13(12)17-14(18)8-7-11-4-3-9-16-10-11/h1-10H,(H,17,18).